The molecule has 0 atom stereocenters. The molecule has 1 rings (SSSR count). The Kier molecular flexibility index (Phi) is 10.8. The first-order valence-corrected chi connectivity index (χ1v) is 7.84. The molecule has 0 aromatic heterocycles. The van der Waals surface area contributed by atoms with Crippen molar-refractivity contribution in [2.45, 2.75) is 19.8 Å². The van der Waals surface area contributed by atoms with E-state index in [1.54, 1.807) is 12.1 Å². The molecule has 0 radical (unpaired) electrons. The van der Waals surface area contributed by atoms with Crippen molar-refractivity contribution < 1.29 is 23.9 Å². The summed E-state index contributed by atoms with van der Waals surface area (Å²) in [6.07, 6.45) is 2.22. The lowest BCUT2D eigenvalue weighted by molar-refractivity contribution is -0.384. The summed E-state index contributed by atoms with van der Waals surface area (Å²) in [5, 5.41) is 10.5. The monoisotopic (exact) mass is 327 g/mol. The van der Waals surface area contributed by atoms with Crippen LogP contribution in [0.25, 0.3) is 0 Å². The first-order valence-electron chi connectivity index (χ1n) is 7.84. The number of ether oxygens (including phenoxy) is 4. The van der Waals surface area contributed by atoms with Crippen molar-refractivity contribution in [3.05, 3.63) is 34.4 Å². The number of rotatable bonds is 14. The van der Waals surface area contributed by atoms with Crippen LogP contribution in [0.4, 0.5) is 5.69 Å². The molecule has 0 aliphatic rings. The van der Waals surface area contributed by atoms with E-state index in [0.717, 1.165) is 19.4 Å². The molecule has 0 aliphatic carbocycles. The first kappa shape index (κ1) is 19.3. The number of hydrogen-bond donors (Lipinski definition) is 0. The molecule has 0 saturated carbocycles. The third-order valence-corrected chi connectivity index (χ3v) is 2.93. The van der Waals surface area contributed by atoms with Crippen LogP contribution in [0.15, 0.2) is 24.3 Å². The highest BCUT2D eigenvalue weighted by Gasteiger charge is 2.03. The average Bonchev–Trinajstić information content (AvgIpc) is 2.56. The van der Waals surface area contributed by atoms with E-state index in [9.17, 15) is 10.1 Å². The summed E-state index contributed by atoms with van der Waals surface area (Å²) in [7, 11) is 0. The second-order valence-electron chi connectivity index (χ2n) is 4.79. The Hall–Kier alpha value is -1.70. The Bertz CT molecular complexity index is 423. The zero-order valence-electron chi connectivity index (χ0n) is 13.6. The van der Waals surface area contributed by atoms with E-state index in [-0.39, 0.29) is 5.69 Å². The van der Waals surface area contributed by atoms with Gasteiger partial charge >= 0.3 is 0 Å². The van der Waals surface area contributed by atoms with E-state index in [1.807, 2.05) is 0 Å². The quantitative estimate of drug-likeness (QED) is 0.297. The van der Waals surface area contributed by atoms with Gasteiger partial charge in [0.05, 0.1) is 38.0 Å². The maximum atomic E-state index is 10.5. The van der Waals surface area contributed by atoms with E-state index >= 15 is 0 Å². The lowest BCUT2D eigenvalue weighted by Crippen LogP contribution is -2.12. The topological polar surface area (TPSA) is 80.1 Å². The predicted octanol–water partition coefficient (Wildman–Crippen LogP) is 2.82. The Labute approximate surface area is 136 Å². The lowest BCUT2D eigenvalue weighted by atomic mass is 10.3. The molecule has 1 aromatic carbocycles. The van der Waals surface area contributed by atoms with Crippen molar-refractivity contribution in [2.75, 3.05) is 46.2 Å². The standard InChI is InChI=1S/C16H25NO6/c1-2-3-8-20-9-10-21-11-12-22-13-14-23-16-6-4-15(5-7-16)17(18)19/h4-7H,2-3,8-14H2,1H3. The predicted molar refractivity (Wildman–Crippen MR) is 86.0 cm³/mol. The van der Waals surface area contributed by atoms with Gasteiger partial charge in [0, 0.05) is 18.7 Å². The summed E-state index contributed by atoms with van der Waals surface area (Å²) >= 11 is 0. The number of benzene rings is 1. The minimum atomic E-state index is -0.443. The van der Waals surface area contributed by atoms with Crippen LogP contribution < -0.4 is 4.74 Å². The molecule has 0 spiro atoms. The fourth-order valence-electron chi connectivity index (χ4n) is 1.67. The van der Waals surface area contributed by atoms with E-state index in [2.05, 4.69) is 6.92 Å². The van der Waals surface area contributed by atoms with Gasteiger partial charge in [-0.25, -0.2) is 0 Å². The molecule has 0 amide bonds. The van der Waals surface area contributed by atoms with E-state index in [4.69, 9.17) is 18.9 Å². The summed E-state index contributed by atoms with van der Waals surface area (Å²) in [6.45, 7) is 5.95. The molecule has 0 N–H and O–H groups in total. The third-order valence-electron chi connectivity index (χ3n) is 2.93. The van der Waals surface area contributed by atoms with E-state index in [0.29, 0.717) is 45.4 Å². The molecule has 130 valence electrons. The highest BCUT2D eigenvalue weighted by atomic mass is 16.6. The van der Waals surface area contributed by atoms with Crippen LogP contribution >= 0.6 is 0 Å². The Morgan fingerprint density at radius 1 is 0.870 bits per heavy atom. The number of nitro benzene ring substituents is 1. The van der Waals surface area contributed by atoms with Gasteiger partial charge in [-0.1, -0.05) is 13.3 Å². The van der Waals surface area contributed by atoms with Crippen LogP contribution in [0.2, 0.25) is 0 Å². The zero-order chi connectivity index (χ0) is 16.8. The van der Waals surface area contributed by atoms with Crippen LogP contribution in [0.1, 0.15) is 19.8 Å². The molecule has 7 nitrogen and oxygen atoms in total. The normalized spacial score (nSPS) is 10.7. The Morgan fingerprint density at radius 3 is 1.91 bits per heavy atom. The SMILES string of the molecule is CCCCOCCOCCOCCOc1ccc([N+](=O)[O-])cc1. The van der Waals surface area contributed by atoms with Gasteiger partial charge in [-0.05, 0) is 18.6 Å². The molecule has 0 fully saturated rings. The Balaban J connectivity index is 1.90. The summed E-state index contributed by atoms with van der Waals surface area (Å²) in [5.41, 5.74) is 0.0458. The molecule has 23 heavy (non-hydrogen) atoms. The van der Waals surface area contributed by atoms with Crippen LogP contribution in [0.5, 0.6) is 5.75 Å². The Morgan fingerprint density at radius 2 is 1.39 bits per heavy atom. The van der Waals surface area contributed by atoms with Crippen LogP contribution in [0, 0.1) is 10.1 Å². The van der Waals surface area contributed by atoms with Gasteiger partial charge in [0.2, 0.25) is 0 Å². The summed E-state index contributed by atoms with van der Waals surface area (Å²) in [5.74, 6) is 0.583. The fourth-order valence-corrected chi connectivity index (χ4v) is 1.67. The number of hydrogen-bond acceptors (Lipinski definition) is 6. The van der Waals surface area contributed by atoms with Crippen molar-refractivity contribution in [1.82, 2.24) is 0 Å². The van der Waals surface area contributed by atoms with Gasteiger partial charge < -0.3 is 18.9 Å². The second kappa shape index (κ2) is 12.8. The van der Waals surface area contributed by atoms with Crippen molar-refractivity contribution in [1.29, 1.82) is 0 Å². The van der Waals surface area contributed by atoms with Crippen LogP contribution in [-0.2, 0) is 14.2 Å². The van der Waals surface area contributed by atoms with Gasteiger partial charge in [-0.3, -0.25) is 10.1 Å². The van der Waals surface area contributed by atoms with Gasteiger partial charge in [0.25, 0.3) is 5.69 Å². The molecule has 0 heterocycles. The minimum absolute atomic E-state index is 0.0458. The second-order valence-corrected chi connectivity index (χ2v) is 4.79. The first-order chi connectivity index (χ1) is 11.2. The number of nitrogens with zero attached hydrogens (tertiary/aromatic N) is 1. The van der Waals surface area contributed by atoms with Gasteiger partial charge in [-0.15, -0.1) is 0 Å². The number of unbranched alkanes of at least 4 members (excludes halogenated alkanes) is 1. The van der Waals surface area contributed by atoms with Crippen molar-refractivity contribution in [3.63, 3.8) is 0 Å². The molecule has 1 aromatic rings. The minimum Gasteiger partial charge on any atom is -0.491 e. The van der Waals surface area contributed by atoms with Crippen molar-refractivity contribution >= 4 is 5.69 Å². The zero-order valence-corrected chi connectivity index (χ0v) is 13.6. The molecule has 0 unspecified atom stereocenters. The van der Waals surface area contributed by atoms with Crippen molar-refractivity contribution in [3.8, 4) is 5.75 Å². The summed E-state index contributed by atoms with van der Waals surface area (Å²) in [6, 6.07) is 5.96. The smallest absolute Gasteiger partial charge is 0.269 e. The number of nitro groups is 1. The molecule has 0 bridgehead atoms. The molecular weight excluding hydrogens is 302 g/mol. The third kappa shape index (κ3) is 9.83. The highest BCUT2D eigenvalue weighted by Crippen LogP contribution is 2.16. The maximum Gasteiger partial charge on any atom is 0.269 e. The molecular formula is C16H25NO6. The van der Waals surface area contributed by atoms with Gasteiger partial charge in [0.15, 0.2) is 0 Å². The van der Waals surface area contributed by atoms with E-state index in [1.165, 1.54) is 12.1 Å². The largest absolute Gasteiger partial charge is 0.491 e. The highest BCUT2D eigenvalue weighted by molar-refractivity contribution is 5.35. The van der Waals surface area contributed by atoms with Gasteiger partial charge in [-0.2, -0.15) is 0 Å². The summed E-state index contributed by atoms with van der Waals surface area (Å²) < 4.78 is 21.5. The van der Waals surface area contributed by atoms with Gasteiger partial charge in [0.1, 0.15) is 12.4 Å². The van der Waals surface area contributed by atoms with Crippen LogP contribution in [-0.4, -0.2) is 51.2 Å². The lowest BCUT2D eigenvalue weighted by Gasteiger charge is -2.08. The average molecular weight is 327 g/mol. The molecule has 0 aliphatic heterocycles. The fraction of sp³-hybridized carbons (Fsp3) is 0.625. The molecule has 0 saturated heterocycles. The number of non-ortho nitro benzene ring substituents is 1. The van der Waals surface area contributed by atoms with Crippen LogP contribution in [0.3, 0.4) is 0 Å². The van der Waals surface area contributed by atoms with E-state index < -0.39 is 4.92 Å². The molecule has 7 heteroatoms. The van der Waals surface area contributed by atoms with Crippen molar-refractivity contribution in [2.24, 2.45) is 0 Å². The summed E-state index contributed by atoms with van der Waals surface area (Å²) in [4.78, 5) is 10.1. The maximum absolute atomic E-state index is 10.5.